The Balaban J connectivity index is 2.52. The average Bonchev–Trinajstić information content (AvgIpc) is 2.27. The summed E-state index contributed by atoms with van der Waals surface area (Å²) in [5.74, 6) is 1.52. The van der Waals surface area contributed by atoms with Crippen molar-refractivity contribution in [2.75, 3.05) is 13.6 Å². The molecule has 1 fully saturated rings. The monoisotopic (exact) mass is 226 g/mol. The van der Waals surface area contributed by atoms with Crippen LogP contribution < -0.4 is 5.73 Å². The zero-order valence-electron chi connectivity index (χ0n) is 11.6. The molecule has 3 unspecified atom stereocenters. The molecule has 1 aliphatic carbocycles. The van der Waals surface area contributed by atoms with Crippen LogP contribution in [0.1, 0.15) is 52.9 Å². The average molecular weight is 226 g/mol. The van der Waals surface area contributed by atoms with Crippen molar-refractivity contribution in [2.24, 2.45) is 17.6 Å². The first-order chi connectivity index (χ1) is 7.56. The summed E-state index contributed by atoms with van der Waals surface area (Å²) in [6.45, 7) is 7.85. The van der Waals surface area contributed by atoms with Gasteiger partial charge in [-0.25, -0.2) is 0 Å². The third kappa shape index (κ3) is 3.74. The van der Waals surface area contributed by atoms with Gasteiger partial charge in [0.15, 0.2) is 0 Å². The van der Waals surface area contributed by atoms with Gasteiger partial charge in [0.25, 0.3) is 0 Å². The summed E-state index contributed by atoms with van der Waals surface area (Å²) in [6, 6.07) is 1.42. The first-order valence-corrected chi connectivity index (χ1v) is 6.98. The fourth-order valence-corrected chi connectivity index (χ4v) is 3.17. The summed E-state index contributed by atoms with van der Waals surface area (Å²) >= 11 is 0. The third-order valence-electron chi connectivity index (χ3n) is 4.20. The second-order valence-corrected chi connectivity index (χ2v) is 5.99. The summed E-state index contributed by atoms with van der Waals surface area (Å²) in [6.07, 6.45) is 6.75. The number of hydrogen-bond donors (Lipinski definition) is 1. The molecule has 0 radical (unpaired) electrons. The van der Waals surface area contributed by atoms with Crippen LogP contribution in [0.4, 0.5) is 0 Å². The Bertz CT molecular complexity index is 191. The first-order valence-electron chi connectivity index (χ1n) is 6.98. The molecule has 0 saturated heterocycles. The highest BCUT2D eigenvalue weighted by Crippen LogP contribution is 2.29. The third-order valence-corrected chi connectivity index (χ3v) is 4.20. The van der Waals surface area contributed by atoms with Crippen LogP contribution in [-0.2, 0) is 0 Å². The normalized spacial score (nSPS) is 28.7. The Morgan fingerprint density at radius 3 is 2.38 bits per heavy atom. The van der Waals surface area contributed by atoms with Crippen LogP contribution in [0.15, 0.2) is 0 Å². The molecule has 0 bridgehead atoms. The lowest BCUT2D eigenvalue weighted by Gasteiger charge is -2.41. The maximum absolute atomic E-state index is 5.91. The van der Waals surface area contributed by atoms with Gasteiger partial charge in [-0.2, -0.15) is 0 Å². The Morgan fingerprint density at radius 1 is 1.19 bits per heavy atom. The Hall–Kier alpha value is -0.0800. The predicted molar refractivity (Wildman–Crippen MR) is 71.5 cm³/mol. The van der Waals surface area contributed by atoms with E-state index in [2.05, 4.69) is 32.7 Å². The van der Waals surface area contributed by atoms with Crippen molar-refractivity contribution in [3.05, 3.63) is 0 Å². The first kappa shape index (κ1) is 14.0. The molecule has 0 spiro atoms. The second-order valence-electron chi connectivity index (χ2n) is 5.99. The molecule has 2 heteroatoms. The van der Waals surface area contributed by atoms with E-state index < -0.39 is 0 Å². The minimum absolute atomic E-state index is 0.692. The van der Waals surface area contributed by atoms with Gasteiger partial charge in [-0.1, -0.05) is 26.7 Å². The van der Waals surface area contributed by atoms with Crippen molar-refractivity contribution < 1.29 is 0 Å². The van der Waals surface area contributed by atoms with Gasteiger partial charge in [0.05, 0.1) is 0 Å². The number of hydrogen-bond acceptors (Lipinski definition) is 2. The van der Waals surface area contributed by atoms with Crippen molar-refractivity contribution >= 4 is 0 Å². The molecule has 1 rings (SSSR count). The largest absolute Gasteiger partial charge is 0.330 e. The van der Waals surface area contributed by atoms with Crippen molar-refractivity contribution in [3.8, 4) is 0 Å². The predicted octanol–water partition coefficient (Wildman–Crippen LogP) is 2.87. The summed E-state index contributed by atoms with van der Waals surface area (Å²) in [4.78, 5) is 2.59. The number of nitrogens with two attached hydrogens (primary N) is 1. The van der Waals surface area contributed by atoms with E-state index in [0.717, 1.165) is 24.4 Å². The van der Waals surface area contributed by atoms with Gasteiger partial charge in [-0.3, -0.25) is 0 Å². The Labute approximate surface area is 102 Å². The SMILES string of the molecule is CC(C)CC(C)N(C)C1CCCCC1CN. The molecule has 0 amide bonds. The molecule has 0 aliphatic heterocycles. The molecule has 3 atom stereocenters. The van der Waals surface area contributed by atoms with E-state index >= 15 is 0 Å². The molecule has 0 aromatic heterocycles. The highest BCUT2D eigenvalue weighted by Gasteiger charge is 2.29. The molecule has 0 aromatic carbocycles. The summed E-state index contributed by atoms with van der Waals surface area (Å²) < 4.78 is 0. The molecule has 2 nitrogen and oxygen atoms in total. The lowest BCUT2D eigenvalue weighted by Crippen LogP contribution is -2.47. The van der Waals surface area contributed by atoms with Gasteiger partial charge in [-0.05, 0) is 51.6 Å². The van der Waals surface area contributed by atoms with Crippen LogP contribution in [-0.4, -0.2) is 30.6 Å². The minimum Gasteiger partial charge on any atom is -0.330 e. The Kier molecular flexibility index (Phi) is 5.77. The minimum atomic E-state index is 0.692. The highest BCUT2D eigenvalue weighted by atomic mass is 15.2. The van der Waals surface area contributed by atoms with Gasteiger partial charge in [0.2, 0.25) is 0 Å². The molecule has 1 saturated carbocycles. The number of nitrogens with zero attached hydrogens (tertiary/aromatic N) is 1. The van der Waals surface area contributed by atoms with E-state index in [4.69, 9.17) is 5.73 Å². The summed E-state index contributed by atoms with van der Waals surface area (Å²) in [7, 11) is 2.30. The van der Waals surface area contributed by atoms with Crippen LogP contribution in [0.5, 0.6) is 0 Å². The quantitative estimate of drug-likeness (QED) is 0.781. The second kappa shape index (κ2) is 6.61. The van der Waals surface area contributed by atoms with Gasteiger partial charge in [-0.15, -0.1) is 0 Å². The maximum atomic E-state index is 5.91. The summed E-state index contributed by atoms with van der Waals surface area (Å²) in [5, 5.41) is 0. The van der Waals surface area contributed by atoms with Crippen molar-refractivity contribution in [1.82, 2.24) is 4.90 Å². The van der Waals surface area contributed by atoms with E-state index in [-0.39, 0.29) is 0 Å². The van der Waals surface area contributed by atoms with Crippen molar-refractivity contribution in [1.29, 1.82) is 0 Å². The van der Waals surface area contributed by atoms with Gasteiger partial charge in [0.1, 0.15) is 0 Å². The van der Waals surface area contributed by atoms with E-state index in [1.807, 2.05) is 0 Å². The lowest BCUT2D eigenvalue weighted by atomic mass is 9.83. The molecule has 0 aromatic rings. The summed E-state index contributed by atoms with van der Waals surface area (Å²) in [5.41, 5.74) is 5.91. The van der Waals surface area contributed by atoms with Crippen LogP contribution in [0.25, 0.3) is 0 Å². The standard InChI is InChI=1S/C14H30N2/c1-11(2)9-12(3)16(4)14-8-6-5-7-13(14)10-15/h11-14H,5-10,15H2,1-4H3. The van der Waals surface area contributed by atoms with Crippen LogP contribution in [0, 0.1) is 11.8 Å². The molecule has 1 aliphatic rings. The van der Waals surface area contributed by atoms with Crippen molar-refractivity contribution in [3.63, 3.8) is 0 Å². The molecule has 16 heavy (non-hydrogen) atoms. The molecular weight excluding hydrogens is 196 g/mol. The van der Waals surface area contributed by atoms with Crippen LogP contribution in [0.3, 0.4) is 0 Å². The van der Waals surface area contributed by atoms with Crippen molar-refractivity contribution in [2.45, 2.75) is 65.0 Å². The van der Waals surface area contributed by atoms with E-state index in [1.54, 1.807) is 0 Å². The molecule has 2 N–H and O–H groups in total. The molecular formula is C14H30N2. The van der Waals surface area contributed by atoms with Gasteiger partial charge < -0.3 is 10.6 Å². The fraction of sp³-hybridized carbons (Fsp3) is 1.00. The van der Waals surface area contributed by atoms with Gasteiger partial charge in [0, 0.05) is 12.1 Å². The lowest BCUT2D eigenvalue weighted by molar-refractivity contribution is 0.0896. The topological polar surface area (TPSA) is 29.3 Å². The molecule has 96 valence electrons. The van der Waals surface area contributed by atoms with Gasteiger partial charge >= 0.3 is 0 Å². The zero-order valence-corrected chi connectivity index (χ0v) is 11.6. The van der Waals surface area contributed by atoms with Crippen LogP contribution >= 0.6 is 0 Å². The van der Waals surface area contributed by atoms with E-state index in [9.17, 15) is 0 Å². The fourth-order valence-electron chi connectivity index (χ4n) is 3.17. The van der Waals surface area contributed by atoms with E-state index in [0.29, 0.717) is 6.04 Å². The van der Waals surface area contributed by atoms with Crippen LogP contribution in [0.2, 0.25) is 0 Å². The molecule has 0 heterocycles. The zero-order chi connectivity index (χ0) is 12.1. The van der Waals surface area contributed by atoms with E-state index in [1.165, 1.54) is 32.1 Å². The maximum Gasteiger partial charge on any atom is 0.0135 e. The number of rotatable bonds is 5. The smallest absolute Gasteiger partial charge is 0.0135 e. The Morgan fingerprint density at radius 2 is 1.81 bits per heavy atom. The highest BCUT2D eigenvalue weighted by molar-refractivity contribution is 4.84.